The van der Waals surface area contributed by atoms with Gasteiger partial charge in [0.25, 0.3) is 5.91 Å². The molecule has 2 aromatic carbocycles. The Hall–Kier alpha value is -1.33. The predicted molar refractivity (Wildman–Crippen MR) is 90.1 cm³/mol. The van der Waals surface area contributed by atoms with Crippen LogP contribution in [0, 0.1) is 13.8 Å². The average Bonchev–Trinajstić information content (AvgIpc) is 2.41. The van der Waals surface area contributed by atoms with Gasteiger partial charge >= 0.3 is 0 Å². The van der Waals surface area contributed by atoms with Gasteiger partial charge in [-0.2, -0.15) is 0 Å². The molecule has 0 fully saturated rings. The van der Waals surface area contributed by atoms with Crippen molar-refractivity contribution < 1.29 is 4.79 Å². The highest BCUT2D eigenvalue weighted by molar-refractivity contribution is 9.11. The standard InChI is InChI=1S/C15H14Br2N2O/c1-8-3-6-13(18)14(9(8)2)19-15(20)11-7-10(16)4-5-12(11)17/h3-7H,18H2,1-2H3,(H,19,20). The number of hydrogen-bond donors (Lipinski definition) is 2. The van der Waals surface area contributed by atoms with Gasteiger partial charge < -0.3 is 11.1 Å². The van der Waals surface area contributed by atoms with E-state index < -0.39 is 0 Å². The Morgan fingerprint density at radius 1 is 1.15 bits per heavy atom. The molecule has 0 aromatic heterocycles. The van der Waals surface area contributed by atoms with Gasteiger partial charge in [-0.25, -0.2) is 0 Å². The van der Waals surface area contributed by atoms with Crippen LogP contribution in [0.2, 0.25) is 0 Å². The summed E-state index contributed by atoms with van der Waals surface area (Å²) in [4.78, 5) is 12.4. The number of hydrogen-bond acceptors (Lipinski definition) is 2. The van der Waals surface area contributed by atoms with E-state index >= 15 is 0 Å². The summed E-state index contributed by atoms with van der Waals surface area (Å²) < 4.78 is 1.59. The molecule has 104 valence electrons. The molecule has 2 rings (SSSR count). The molecule has 20 heavy (non-hydrogen) atoms. The number of benzene rings is 2. The lowest BCUT2D eigenvalue weighted by Gasteiger charge is -2.14. The maximum absolute atomic E-state index is 12.4. The summed E-state index contributed by atoms with van der Waals surface area (Å²) in [6.45, 7) is 3.93. The molecule has 0 bridgehead atoms. The van der Waals surface area contributed by atoms with Crippen LogP contribution in [0.3, 0.4) is 0 Å². The SMILES string of the molecule is Cc1ccc(N)c(NC(=O)c2cc(Br)ccc2Br)c1C. The van der Waals surface area contributed by atoms with Crippen molar-refractivity contribution in [1.29, 1.82) is 0 Å². The molecule has 3 nitrogen and oxygen atoms in total. The minimum atomic E-state index is -0.196. The van der Waals surface area contributed by atoms with E-state index in [4.69, 9.17) is 5.73 Å². The zero-order valence-corrected chi connectivity index (χ0v) is 14.3. The molecule has 0 radical (unpaired) electrons. The highest BCUT2D eigenvalue weighted by atomic mass is 79.9. The Morgan fingerprint density at radius 2 is 1.85 bits per heavy atom. The lowest BCUT2D eigenvalue weighted by molar-refractivity contribution is 0.102. The predicted octanol–water partition coefficient (Wildman–Crippen LogP) is 4.66. The lowest BCUT2D eigenvalue weighted by atomic mass is 10.1. The summed E-state index contributed by atoms with van der Waals surface area (Å²) in [5, 5.41) is 2.89. The summed E-state index contributed by atoms with van der Waals surface area (Å²) in [6.07, 6.45) is 0. The summed E-state index contributed by atoms with van der Waals surface area (Å²) in [5.74, 6) is -0.196. The number of nitrogens with one attached hydrogen (secondary N) is 1. The van der Waals surface area contributed by atoms with E-state index in [0.717, 1.165) is 20.1 Å². The zero-order chi connectivity index (χ0) is 14.9. The van der Waals surface area contributed by atoms with Crippen molar-refractivity contribution in [2.24, 2.45) is 0 Å². The number of anilines is 2. The number of halogens is 2. The van der Waals surface area contributed by atoms with Crippen molar-refractivity contribution in [1.82, 2.24) is 0 Å². The van der Waals surface area contributed by atoms with Crippen LogP contribution in [-0.4, -0.2) is 5.91 Å². The first kappa shape index (κ1) is 15.1. The highest BCUT2D eigenvalue weighted by Gasteiger charge is 2.14. The van der Waals surface area contributed by atoms with Gasteiger partial charge in [0.2, 0.25) is 0 Å². The van der Waals surface area contributed by atoms with Gasteiger partial charge in [-0.1, -0.05) is 22.0 Å². The van der Waals surface area contributed by atoms with E-state index in [9.17, 15) is 4.79 Å². The van der Waals surface area contributed by atoms with Crippen LogP contribution in [0.25, 0.3) is 0 Å². The minimum absolute atomic E-state index is 0.196. The normalized spacial score (nSPS) is 10.4. The van der Waals surface area contributed by atoms with Crippen LogP contribution >= 0.6 is 31.9 Å². The first-order valence-corrected chi connectivity index (χ1v) is 7.61. The molecule has 0 saturated heterocycles. The Morgan fingerprint density at radius 3 is 2.55 bits per heavy atom. The van der Waals surface area contributed by atoms with Gasteiger partial charge in [-0.05, 0) is 65.2 Å². The van der Waals surface area contributed by atoms with Gasteiger partial charge in [-0.3, -0.25) is 4.79 Å². The van der Waals surface area contributed by atoms with Crippen LogP contribution in [0.4, 0.5) is 11.4 Å². The summed E-state index contributed by atoms with van der Waals surface area (Å²) >= 11 is 6.75. The molecule has 2 aromatic rings. The maximum Gasteiger partial charge on any atom is 0.256 e. The van der Waals surface area contributed by atoms with Crippen LogP contribution in [0.15, 0.2) is 39.3 Å². The zero-order valence-electron chi connectivity index (χ0n) is 11.1. The molecule has 0 aliphatic carbocycles. The van der Waals surface area contributed by atoms with E-state index in [0.29, 0.717) is 16.9 Å². The number of carbonyl (C=O) groups is 1. The molecule has 0 atom stereocenters. The van der Waals surface area contributed by atoms with Crippen molar-refractivity contribution in [3.05, 3.63) is 56.0 Å². The number of nitrogen functional groups attached to an aromatic ring is 1. The Balaban J connectivity index is 2.38. The Bertz CT molecular complexity index is 684. The van der Waals surface area contributed by atoms with Crippen LogP contribution in [0.5, 0.6) is 0 Å². The van der Waals surface area contributed by atoms with Crippen LogP contribution in [0.1, 0.15) is 21.5 Å². The molecule has 3 N–H and O–H groups in total. The maximum atomic E-state index is 12.4. The average molecular weight is 398 g/mol. The summed E-state index contributed by atoms with van der Waals surface area (Å²) in [7, 11) is 0. The van der Waals surface area contributed by atoms with E-state index in [1.165, 1.54) is 0 Å². The third-order valence-electron chi connectivity index (χ3n) is 3.18. The summed E-state index contributed by atoms with van der Waals surface area (Å²) in [5.41, 5.74) is 9.80. The van der Waals surface area contributed by atoms with Gasteiger partial charge in [0, 0.05) is 8.95 Å². The second-order valence-electron chi connectivity index (χ2n) is 4.55. The number of nitrogens with two attached hydrogens (primary N) is 1. The molecule has 0 heterocycles. The topological polar surface area (TPSA) is 55.1 Å². The van der Waals surface area contributed by atoms with E-state index in [-0.39, 0.29) is 5.91 Å². The Labute approximate surface area is 134 Å². The quantitative estimate of drug-likeness (QED) is 0.723. The minimum Gasteiger partial charge on any atom is -0.397 e. The molecular formula is C15H14Br2N2O. The molecule has 5 heteroatoms. The van der Waals surface area contributed by atoms with E-state index in [2.05, 4.69) is 37.2 Å². The van der Waals surface area contributed by atoms with E-state index in [1.54, 1.807) is 12.1 Å². The first-order valence-electron chi connectivity index (χ1n) is 6.02. The molecular weight excluding hydrogens is 384 g/mol. The van der Waals surface area contributed by atoms with Crippen molar-refractivity contribution >= 4 is 49.1 Å². The lowest BCUT2D eigenvalue weighted by Crippen LogP contribution is -2.15. The van der Waals surface area contributed by atoms with Crippen LogP contribution in [-0.2, 0) is 0 Å². The third-order valence-corrected chi connectivity index (χ3v) is 4.36. The smallest absolute Gasteiger partial charge is 0.256 e. The molecule has 1 amide bonds. The highest BCUT2D eigenvalue weighted by Crippen LogP contribution is 2.28. The van der Waals surface area contributed by atoms with Crippen molar-refractivity contribution in [3.63, 3.8) is 0 Å². The van der Waals surface area contributed by atoms with Crippen molar-refractivity contribution in [2.75, 3.05) is 11.1 Å². The van der Waals surface area contributed by atoms with Crippen molar-refractivity contribution in [3.8, 4) is 0 Å². The second-order valence-corrected chi connectivity index (χ2v) is 6.32. The number of rotatable bonds is 2. The van der Waals surface area contributed by atoms with Gasteiger partial charge in [0.15, 0.2) is 0 Å². The fraction of sp³-hybridized carbons (Fsp3) is 0.133. The molecule has 0 unspecified atom stereocenters. The monoisotopic (exact) mass is 396 g/mol. The number of amides is 1. The fourth-order valence-corrected chi connectivity index (χ4v) is 2.64. The van der Waals surface area contributed by atoms with Gasteiger partial charge in [-0.15, -0.1) is 0 Å². The summed E-state index contributed by atoms with van der Waals surface area (Å²) in [6, 6.07) is 9.20. The second kappa shape index (κ2) is 5.97. The first-order chi connectivity index (χ1) is 9.40. The number of aryl methyl sites for hydroxylation is 1. The molecule has 0 saturated carbocycles. The van der Waals surface area contributed by atoms with Crippen LogP contribution < -0.4 is 11.1 Å². The molecule has 0 aliphatic rings. The van der Waals surface area contributed by atoms with Gasteiger partial charge in [0.1, 0.15) is 0 Å². The third kappa shape index (κ3) is 3.04. The number of carbonyl (C=O) groups excluding carboxylic acids is 1. The van der Waals surface area contributed by atoms with E-state index in [1.807, 2.05) is 32.0 Å². The molecule has 0 aliphatic heterocycles. The van der Waals surface area contributed by atoms with Crippen molar-refractivity contribution in [2.45, 2.75) is 13.8 Å². The van der Waals surface area contributed by atoms with Gasteiger partial charge in [0.05, 0.1) is 16.9 Å². The Kier molecular flexibility index (Phi) is 4.50. The fourth-order valence-electron chi connectivity index (χ4n) is 1.86. The largest absolute Gasteiger partial charge is 0.397 e. The molecule has 0 spiro atoms.